The predicted octanol–water partition coefficient (Wildman–Crippen LogP) is 5.10. The van der Waals surface area contributed by atoms with Crippen molar-refractivity contribution in [3.63, 3.8) is 0 Å². The molecular weight excluding hydrogens is 390 g/mol. The molecule has 1 aliphatic heterocycles. The fraction of sp³-hybridized carbons (Fsp3) is 0.273. The highest BCUT2D eigenvalue weighted by Crippen LogP contribution is 2.24. The summed E-state index contributed by atoms with van der Waals surface area (Å²) in [5.41, 5.74) is 1.77. The Labute approximate surface area is 173 Å². The Hall–Kier alpha value is -2.24. The van der Waals surface area contributed by atoms with E-state index < -0.39 is 10.8 Å². The van der Waals surface area contributed by atoms with Gasteiger partial charge in [0.05, 0.1) is 22.2 Å². The topological polar surface area (TPSA) is 46.1 Å². The fourth-order valence-electron chi connectivity index (χ4n) is 3.36. The van der Waals surface area contributed by atoms with Crippen molar-refractivity contribution in [2.75, 3.05) is 18.0 Å². The summed E-state index contributed by atoms with van der Waals surface area (Å²) in [5, 5.41) is 0.640. The van der Waals surface area contributed by atoms with Crippen molar-refractivity contribution < 1.29 is 4.21 Å². The quantitative estimate of drug-likeness (QED) is 0.586. The first-order valence-corrected chi connectivity index (χ1v) is 11.2. The van der Waals surface area contributed by atoms with Gasteiger partial charge in [0, 0.05) is 34.6 Å². The van der Waals surface area contributed by atoms with E-state index in [0.29, 0.717) is 16.6 Å². The van der Waals surface area contributed by atoms with Crippen LogP contribution in [-0.4, -0.2) is 27.3 Å². The molecule has 3 aromatic rings. The van der Waals surface area contributed by atoms with E-state index >= 15 is 0 Å². The second kappa shape index (κ2) is 8.84. The lowest BCUT2D eigenvalue weighted by Crippen LogP contribution is -2.30. The second-order valence-electron chi connectivity index (χ2n) is 6.90. The molecule has 1 fully saturated rings. The number of nitrogens with zero attached hydrogens (tertiary/aromatic N) is 3. The highest BCUT2D eigenvalue weighted by Gasteiger charge is 2.17. The number of piperidine rings is 1. The van der Waals surface area contributed by atoms with Gasteiger partial charge in [-0.05, 0) is 43.5 Å². The van der Waals surface area contributed by atoms with E-state index in [1.807, 2.05) is 48.5 Å². The number of anilines is 1. The van der Waals surface area contributed by atoms with Crippen molar-refractivity contribution in [2.45, 2.75) is 29.9 Å². The van der Waals surface area contributed by atoms with Crippen LogP contribution in [0.2, 0.25) is 5.02 Å². The molecular formula is C22H22ClN3OS. The largest absolute Gasteiger partial charge is 0.356 e. The molecule has 2 aromatic carbocycles. The zero-order chi connectivity index (χ0) is 19.3. The van der Waals surface area contributed by atoms with Gasteiger partial charge in [-0.15, -0.1) is 0 Å². The number of benzene rings is 2. The maximum absolute atomic E-state index is 12.9. The van der Waals surface area contributed by atoms with Gasteiger partial charge in [0.15, 0.2) is 5.82 Å². The van der Waals surface area contributed by atoms with Crippen molar-refractivity contribution in [1.29, 1.82) is 0 Å². The van der Waals surface area contributed by atoms with Gasteiger partial charge in [0.1, 0.15) is 5.82 Å². The lowest BCUT2D eigenvalue weighted by Gasteiger charge is -2.28. The summed E-state index contributed by atoms with van der Waals surface area (Å²) in [6.45, 7) is 2.01. The predicted molar refractivity (Wildman–Crippen MR) is 115 cm³/mol. The first kappa shape index (κ1) is 19.1. The molecule has 4 nitrogen and oxygen atoms in total. The van der Waals surface area contributed by atoms with Crippen LogP contribution in [0.15, 0.2) is 65.6 Å². The first-order chi connectivity index (χ1) is 13.7. The monoisotopic (exact) mass is 411 g/mol. The number of halogens is 1. The molecule has 0 spiro atoms. The van der Waals surface area contributed by atoms with Gasteiger partial charge >= 0.3 is 0 Å². The lowest BCUT2D eigenvalue weighted by molar-refractivity contribution is 0.573. The smallest absolute Gasteiger partial charge is 0.161 e. The highest BCUT2D eigenvalue weighted by atomic mass is 35.5. The molecule has 6 heteroatoms. The van der Waals surface area contributed by atoms with Gasteiger partial charge < -0.3 is 4.90 Å². The van der Waals surface area contributed by atoms with Crippen LogP contribution in [0.4, 0.5) is 5.82 Å². The zero-order valence-corrected chi connectivity index (χ0v) is 17.1. The highest BCUT2D eigenvalue weighted by molar-refractivity contribution is 7.84. The third kappa shape index (κ3) is 4.59. The molecule has 1 saturated heterocycles. The first-order valence-electron chi connectivity index (χ1n) is 9.51. The van der Waals surface area contributed by atoms with Crippen molar-refractivity contribution in [2.24, 2.45) is 0 Å². The van der Waals surface area contributed by atoms with Gasteiger partial charge in [0.25, 0.3) is 0 Å². The number of aromatic nitrogens is 2. The van der Waals surface area contributed by atoms with E-state index in [1.165, 1.54) is 19.3 Å². The molecule has 144 valence electrons. The zero-order valence-electron chi connectivity index (χ0n) is 15.6. The Balaban J connectivity index is 1.67. The summed E-state index contributed by atoms with van der Waals surface area (Å²) in [7, 11) is -1.19. The summed E-state index contributed by atoms with van der Waals surface area (Å²) < 4.78 is 12.9. The van der Waals surface area contributed by atoms with Crippen LogP contribution in [0.3, 0.4) is 0 Å². The van der Waals surface area contributed by atoms with Crippen LogP contribution >= 0.6 is 11.6 Å². The van der Waals surface area contributed by atoms with Crippen LogP contribution in [0, 0.1) is 0 Å². The van der Waals surface area contributed by atoms with Gasteiger partial charge in [0.2, 0.25) is 0 Å². The maximum Gasteiger partial charge on any atom is 0.161 e. The van der Waals surface area contributed by atoms with Crippen LogP contribution in [-0.2, 0) is 16.6 Å². The second-order valence-corrected chi connectivity index (χ2v) is 8.79. The summed E-state index contributed by atoms with van der Waals surface area (Å²) in [5.74, 6) is 1.97. The van der Waals surface area contributed by atoms with E-state index in [0.717, 1.165) is 35.1 Å². The van der Waals surface area contributed by atoms with Crippen molar-refractivity contribution in [1.82, 2.24) is 9.97 Å². The third-order valence-electron chi connectivity index (χ3n) is 4.83. The molecule has 0 saturated carbocycles. The van der Waals surface area contributed by atoms with Crippen LogP contribution in [0.1, 0.15) is 25.0 Å². The minimum atomic E-state index is -1.19. The normalized spacial score (nSPS) is 15.4. The Kier molecular flexibility index (Phi) is 6.03. The third-order valence-corrected chi connectivity index (χ3v) is 6.44. The van der Waals surface area contributed by atoms with Gasteiger partial charge in [-0.1, -0.05) is 41.9 Å². The average molecular weight is 412 g/mol. The number of hydrogen-bond acceptors (Lipinski definition) is 4. The molecule has 0 radical (unpaired) electrons. The van der Waals surface area contributed by atoms with E-state index in [9.17, 15) is 4.21 Å². The molecule has 0 amide bonds. The molecule has 0 aliphatic carbocycles. The molecule has 0 bridgehead atoms. The van der Waals surface area contributed by atoms with E-state index in [2.05, 4.69) is 4.90 Å². The van der Waals surface area contributed by atoms with Gasteiger partial charge in [-0.3, -0.25) is 4.21 Å². The van der Waals surface area contributed by atoms with Crippen LogP contribution in [0.5, 0.6) is 0 Å². The molecule has 1 aromatic heterocycles. The van der Waals surface area contributed by atoms with Crippen LogP contribution in [0.25, 0.3) is 11.4 Å². The molecule has 2 heterocycles. The summed E-state index contributed by atoms with van der Waals surface area (Å²) in [6, 6.07) is 19.1. The summed E-state index contributed by atoms with van der Waals surface area (Å²) in [4.78, 5) is 12.6. The Morgan fingerprint density at radius 3 is 2.36 bits per heavy atom. The van der Waals surface area contributed by atoms with E-state index in [-0.39, 0.29) is 0 Å². The molecule has 0 N–H and O–H groups in total. The summed E-state index contributed by atoms with van der Waals surface area (Å²) >= 11 is 5.95. The minimum Gasteiger partial charge on any atom is -0.356 e. The fourth-order valence-corrected chi connectivity index (χ4v) is 4.51. The molecule has 0 unspecified atom stereocenters. The summed E-state index contributed by atoms with van der Waals surface area (Å²) in [6.07, 6.45) is 3.62. The van der Waals surface area contributed by atoms with Crippen molar-refractivity contribution in [3.8, 4) is 11.4 Å². The number of rotatable bonds is 5. The Bertz CT molecular complexity index is 957. The lowest BCUT2D eigenvalue weighted by atomic mass is 10.1. The molecule has 1 aliphatic rings. The van der Waals surface area contributed by atoms with Gasteiger partial charge in [-0.25, -0.2) is 9.97 Å². The van der Waals surface area contributed by atoms with Crippen molar-refractivity contribution >= 4 is 28.2 Å². The SMILES string of the molecule is O=[S@](Cc1cc(N2CCCCC2)nc(-c2ccccc2)n1)c1ccc(Cl)cc1. The average Bonchev–Trinajstić information content (AvgIpc) is 2.75. The minimum absolute atomic E-state index is 0.352. The maximum atomic E-state index is 12.9. The van der Waals surface area contributed by atoms with E-state index in [4.69, 9.17) is 21.6 Å². The Morgan fingerprint density at radius 2 is 1.64 bits per heavy atom. The van der Waals surface area contributed by atoms with Crippen molar-refractivity contribution in [3.05, 3.63) is 71.4 Å². The molecule has 28 heavy (non-hydrogen) atoms. The molecule has 1 atom stereocenters. The Morgan fingerprint density at radius 1 is 0.929 bits per heavy atom. The van der Waals surface area contributed by atoms with E-state index in [1.54, 1.807) is 12.1 Å². The molecule has 4 rings (SSSR count). The standard InChI is InChI=1S/C22H22ClN3OS/c23-18-9-11-20(12-10-18)28(27)16-19-15-21(26-13-5-2-6-14-26)25-22(24-19)17-7-3-1-4-8-17/h1,3-4,7-12,15H,2,5-6,13-14,16H2/t28-/m1/s1. The van der Waals surface area contributed by atoms with Crippen LogP contribution < -0.4 is 4.90 Å². The number of hydrogen-bond donors (Lipinski definition) is 0. The van der Waals surface area contributed by atoms with Gasteiger partial charge in [-0.2, -0.15) is 0 Å².